The molecular formula is C13H18ClN3O2. The maximum Gasteiger partial charge on any atom is 0.255 e. The molecule has 0 radical (unpaired) electrons. The van der Waals surface area contributed by atoms with E-state index in [4.69, 9.17) is 16.3 Å². The minimum Gasteiger partial charge on any atom is -0.379 e. The zero-order chi connectivity index (χ0) is 13.8. The molecular weight excluding hydrogens is 266 g/mol. The summed E-state index contributed by atoms with van der Waals surface area (Å²) in [5.41, 5.74) is 0.474. The first-order valence-electron chi connectivity index (χ1n) is 6.37. The van der Waals surface area contributed by atoms with Crippen LogP contribution in [-0.4, -0.2) is 48.6 Å². The van der Waals surface area contributed by atoms with E-state index in [0.717, 1.165) is 13.0 Å². The molecule has 1 aliphatic heterocycles. The maximum absolute atomic E-state index is 12.4. The highest BCUT2D eigenvalue weighted by Gasteiger charge is 2.26. The minimum atomic E-state index is -0.0953. The van der Waals surface area contributed by atoms with Gasteiger partial charge < -0.3 is 15.0 Å². The first-order chi connectivity index (χ1) is 9.13. The molecule has 6 heteroatoms. The highest BCUT2D eigenvalue weighted by atomic mass is 35.5. The van der Waals surface area contributed by atoms with Gasteiger partial charge >= 0.3 is 0 Å². The minimum absolute atomic E-state index is 0.0953. The van der Waals surface area contributed by atoms with E-state index >= 15 is 0 Å². The molecule has 1 unspecified atom stereocenters. The van der Waals surface area contributed by atoms with Crippen LogP contribution in [0.15, 0.2) is 12.3 Å². The Hall–Kier alpha value is -1.33. The molecule has 1 aromatic heterocycles. The van der Waals surface area contributed by atoms with Gasteiger partial charge in [0.25, 0.3) is 5.91 Å². The summed E-state index contributed by atoms with van der Waals surface area (Å²) in [7, 11) is 1.78. The molecule has 0 bridgehead atoms. The molecule has 1 atom stereocenters. The fourth-order valence-corrected chi connectivity index (χ4v) is 2.25. The molecule has 0 spiro atoms. The van der Waals surface area contributed by atoms with Crippen molar-refractivity contribution in [3.05, 3.63) is 22.8 Å². The van der Waals surface area contributed by atoms with Crippen molar-refractivity contribution in [3.8, 4) is 0 Å². The van der Waals surface area contributed by atoms with Crippen molar-refractivity contribution in [1.82, 2.24) is 9.88 Å². The van der Waals surface area contributed by atoms with Gasteiger partial charge in [0.2, 0.25) is 0 Å². The van der Waals surface area contributed by atoms with Crippen molar-refractivity contribution in [1.29, 1.82) is 0 Å². The number of carbonyl (C=O) groups excluding carboxylic acids is 1. The van der Waals surface area contributed by atoms with Crippen molar-refractivity contribution in [2.45, 2.75) is 19.4 Å². The number of nitrogens with zero attached hydrogens (tertiary/aromatic N) is 2. The molecule has 0 aromatic carbocycles. The molecule has 1 aliphatic rings. The summed E-state index contributed by atoms with van der Waals surface area (Å²) in [5, 5.41) is 3.45. The Morgan fingerprint density at radius 3 is 3.11 bits per heavy atom. The number of ether oxygens (including phenoxy) is 1. The van der Waals surface area contributed by atoms with Gasteiger partial charge in [-0.1, -0.05) is 11.6 Å². The monoisotopic (exact) mass is 283 g/mol. The van der Waals surface area contributed by atoms with Crippen LogP contribution in [0.3, 0.4) is 0 Å². The molecule has 1 fully saturated rings. The fourth-order valence-electron chi connectivity index (χ4n) is 2.06. The number of likely N-dealkylation sites (N-methyl/N-ethyl adjacent to an activating group) is 1. The average molecular weight is 284 g/mol. The fraction of sp³-hybridized carbons (Fsp3) is 0.538. The van der Waals surface area contributed by atoms with Crippen LogP contribution in [0.25, 0.3) is 0 Å². The van der Waals surface area contributed by atoms with Gasteiger partial charge in [0.15, 0.2) is 0 Å². The van der Waals surface area contributed by atoms with Crippen LogP contribution in [0.1, 0.15) is 23.7 Å². The number of anilines is 1. The third-order valence-electron chi connectivity index (χ3n) is 3.22. The topological polar surface area (TPSA) is 54.5 Å². The molecule has 2 rings (SSSR count). The number of aromatic nitrogens is 1. The summed E-state index contributed by atoms with van der Waals surface area (Å²) in [6.45, 7) is 4.01. The molecule has 5 nitrogen and oxygen atoms in total. The second-order valence-electron chi connectivity index (χ2n) is 4.51. The van der Waals surface area contributed by atoms with Crippen LogP contribution in [-0.2, 0) is 4.74 Å². The normalized spacial score (nSPS) is 18.4. The molecule has 2 heterocycles. The summed E-state index contributed by atoms with van der Waals surface area (Å²) in [5.74, 6) is 0.563. The van der Waals surface area contributed by atoms with Crippen LogP contribution in [0.2, 0.25) is 5.02 Å². The Morgan fingerprint density at radius 2 is 2.47 bits per heavy atom. The van der Waals surface area contributed by atoms with Crippen molar-refractivity contribution in [2.24, 2.45) is 0 Å². The molecule has 19 heavy (non-hydrogen) atoms. The van der Waals surface area contributed by atoms with Gasteiger partial charge in [-0.05, 0) is 19.4 Å². The Morgan fingerprint density at radius 1 is 1.68 bits per heavy atom. The quantitative estimate of drug-likeness (QED) is 0.919. The van der Waals surface area contributed by atoms with Gasteiger partial charge in [-0.25, -0.2) is 4.98 Å². The molecule has 0 saturated carbocycles. The largest absolute Gasteiger partial charge is 0.379 e. The predicted octanol–water partition coefficient (Wildman–Crippen LogP) is 2.03. The van der Waals surface area contributed by atoms with E-state index in [0.29, 0.717) is 29.6 Å². The van der Waals surface area contributed by atoms with E-state index in [2.05, 4.69) is 10.3 Å². The summed E-state index contributed by atoms with van der Waals surface area (Å²) < 4.78 is 5.31. The number of hydrogen-bond acceptors (Lipinski definition) is 4. The molecule has 1 amide bonds. The Labute approximate surface area is 117 Å². The maximum atomic E-state index is 12.4. The zero-order valence-corrected chi connectivity index (χ0v) is 11.9. The molecule has 1 aromatic rings. The number of halogens is 1. The Balaban J connectivity index is 2.19. The SMILES string of the molecule is CCNc1cc(C(=O)N(C)C2CCOC2)c(Cl)cn1. The highest BCUT2D eigenvalue weighted by molar-refractivity contribution is 6.33. The van der Waals surface area contributed by atoms with E-state index in [1.165, 1.54) is 6.20 Å². The van der Waals surface area contributed by atoms with E-state index in [1.54, 1.807) is 18.0 Å². The van der Waals surface area contributed by atoms with Crippen LogP contribution in [0.4, 0.5) is 5.82 Å². The van der Waals surface area contributed by atoms with Crippen molar-refractivity contribution >= 4 is 23.3 Å². The molecule has 104 valence electrons. The third-order valence-corrected chi connectivity index (χ3v) is 3.52. The summed E-state index contributed by atoms with van der Waals surface area (Å²) in [6, 6.07) is 1.82. The smallest absolute Gasteiger partial charge is 0.255 e. The summed E-state index contributed by atoms with van der Waals surface area (Å²) in [6.07, 6.45) is 2.37. The number of hydrogen-bond donors (Lipinski definition) is 1. The first kappa shape index (κ1) is 14.1. The number of nitrogens with one attached hydrogen (secondary N) is 1. The van der Waals surface area contributed by atoms with Crippen molar-refractivity contribution < 1.29 is 9.53 Å². The van der Waals surface area contributed by atoms with Gasteiger partial charge in [0.1, 0.15) is 5.82 Å². The Bertz CT molecular complexity index is 461. The number of pyridine rings is 1. The van der Waals surface area contributed by atoms with Crippen molar-refractivity contribution in [3.63, 3.8) is 0 Å². The first-order valence-corrected chi connectivity index (χ1v) is 6.75. The lowest BCUT2D eigenvalue weighted by molar-refractivity contribution is 0.0711. The van der Waals surface area contributed by atoms with E-state index < -0.39 is 0 Å². The van der Waals surface area contributed by atoms with Crippen LogP contribution in [0, 0.1) is 0 Å². The second kappa shape index (κ2) is 6.21. The molecule has 0 aliphatic carbocycles. The highest BCUT2D eigenvalue weighted by Crippen LogP contribution is 2.21. The van der Waals surface area contributed by atoms with E-state index in [-0.39, 0.29) is 11.9 Å². The average Bonchev–Trinajstić information content (AvgIpc) is 2.93. The zero-order valence-electron chi connectivity index (χ0n) is 11.1. The number of amides is 1. The second-order valence-corrected chi connectivity index (χ2v) is 4.92. The Kier molecular flexibility index (Phi) is 4.61. The van der Waals surface area contributed by atoms with E-state index in [1.807, 2.05) is 6.92 Å². The van der Waals surface area contributed by atoms with Gasteiger partial charge in [-0.15, -0.1) is 0 Å². The lowest BCUT2D eigenvalue weighted by Gasteiger charge is -2.23. The van der Waals surface area contributed by atoms with E-state index in [9.17, 15) is 4.79 Å². The van der Waals surface area contributed by atoms with Crippen LogP contribution in [0.5, 0.6) is 0 Å². The number of carbonyl (C=O) groups is 1. The van der Waals surface area contributed by atoms with Gasteiger partial charge in [0.05, 0.1) is 23.2 Å². The van der Waals surface area contributed by atoms with Crippen molar-refractivity contribution in [2.75, 3.05) is 32.1 Å². The summed E-state index contributed by atoms with van der Waals surface area (Å²) in [4.78, 5) is 18.3. The van der Waals surface area contributed by atoms with Crippen LogP contribution >= 0.6 is 11.6 Å². The standard InChI is InChI=1S/C13H18ClN3O2/c1-3-15-12-6-10(11(14)7-16-12)13(18)17(2)9-4-5-19-8-9/h6-7,9H,3-5,8H2,1-2H3,(H,15,16). The van der Waals surface area contributed by atoms with Gasteiger partial charge in [-0.3, -0.25) is 4.79 Å². The molecule has 1 N–H and O–H groups in total. The lowest BCUT2D eigenvalue weighted by Crippen LogP contribution is -2.37. The summed E-state index contributed by atoms with van der Waals surface area (Å²) >= 11 is 6.07. The third kappa shape index (κ3) is 3.16. The number of rotatable bonds is 4. The van der Waals surface area contributed by atoms with Crippen LogP contribution < -0.4 is 5.32 Å². The lowest BCUT2D eigenvalue weighted by atomic mass is 10.1. The molecule has 1 saturated heterocycles. The predicted molar refractivity (Wildman–Crippen MR) is 74.7 cm³/mol. The van der Waals surface area contributed by atoms with Gasteiger partial charge in [0, 0.05) is 26.4 Å². The van der Waals surface area contributed by atoms with Gasteiger partial charge in [-0.2, -0.15) is 0 Å².